The molecule has 3 aliphatic rings. The molecule has 2 unspecified atom stereocenters. The fraction of sp³-hybridized carbons (Fsp3) is 0.647. The van der Waals surface area contributed by atoms with E-state index in [0.29, 0.717) is 6.04 Å². The van der Waals surface area contributed by atoms with Crippen molar-refractivity contribution in [1.29, 1.82) is 0 Å². The van der Waals surface area contributed by atoms with E-state index in [1.54, 1.807) is 11.1 Å². The average molecular weight is 273 g/mol. The van der Waals surface area contributed by atoms with Gasteiger partial charge in [-0.15, -0.1) is 0 Å². The van der Waals surface area contributed by atoms with Crippen LogP contribution in [0.1, 0.15) is 36.8 Å². The molecule has 1 aliphatic carbocycles. The minimum atomic E-state index is -0.00730. The molecule has 2 saturated heterocycles. The van der Waals surface area contributed by atoms with E-state index in [0.717, 1.165) is 39.1 Å². The summed E-state index contributed by atoms with van der Waals surface area (Å²) < 4.78 is 11.5. The van der Waals surface area contributed by atoms with Crippen LogP contribution in [0.2, 0.25) is 0 Å². The predicted octanol–water partition coefficient (Wildman–Crippen LogP) is 2.93. The number of ether oxygens (including phenoxy) is 2. The van der Waals surface area contributed by atoms with Crippen molar-refractivity contribution in [2.75, 3.05) is 25.1 Å². The van der Waals surface area contributed by atoms with Gasteiger partial charge in [0, 0.05) is 31.4 Å². The zero-order valence-corrected chi connectivity index (χ0v) is 12.0. The van der Waals surface area contributed by atoms with Crippen LogP contribution in [-0.4, -0.2) is 31.5 Å². The third kappa shape index (κ3) is 2.33. The van der Waals surface area contributed by atoms with Crippen LogP contribution in [0.25, 0.3) is 0 Å². The highest BCUT2D eigenvalue weighted by atomic mass is 16.6. The van der Waals surface area contributed by atoms with Crippen molar-refractivity contribution in [2.24, 2.45) is 0 Å². The highest BCUT2D eigenvalue weighted by molar-refractivity contribution is 5.50. The highest BCUT2D eigenvalue weighted by Gasteiger charge is 2.40. The van der Waals surface area contributed by atoms with Gasteiger partial charge in [0.2, 0.25) is 0 Å². The van der Waals surface area contributed by atoms with Crippen LogP contribution in [0.5, 0.6) is 0 Å². The average Bonchev–Trinajstić information content (AvgIpc) is 3.08. The Morgan fingerprint density at radius 2 is 2.10 bits per heavy atom. The van der Waals surface area contributed by atoms with Gasteiger partial charge in [0.15, 0.2) is 0 Å². The van der Waals surface area contributed by atoms with Gasteiger partial charge in [-0.2, -0.15) is 0 Å². The quantitative estimate of drug-likeness (QED) is 0.898. The Kier molecular flexibility index (Phi) is 3.20. The third-order valence-electron chi connectivity index (χ3n) is 5.03. The van der Waals surface area contributed by atoms with Crippen LogP contribution < -0.4 is 5.32 Å². The number of hydrogen-bond donors (Lipinski definition) is 1. The number of anilines is 1. The van der Waals surface area contributed by atoms with E-state index in [1.165, 1.54) is 24.9 Å². The number of benzene rings is 1. The molecular weight excluding hydrogens is 250 g/mol. The Morgan fingerprint density at radius 3 is 3.00 bits per heavy atom. The van der Waals surface area contributed by atoms with Crippen molar-refractivity contribution in [2.45, 2.75) is 50.2 Å². The molecule has 2 heterocycles. The van der Waals surface area contributed by atoms with Crippen molar-refractivity contribution in [3.8, 4) is 0 Å². The maximum absolute atomic E-state index is 6.00. The smallest absolute Gasteiger partial charge is 0.0956 e. The lowest BCUT2D eigenvalue weighted by molar-refractivity contribution is -0.0828. The summed E-state index contributed by atoms with van der Waals surface area (Å²) >= 11 is 0. The first-order chi connectivity index (χ1) is 9.83. The Bertz CT molecular complexity index is 494. The zero-order chi connectivity index (χ0) is 13.4. The predicted molar refractivity (Wildman–Crippen MR) is 79.2 cm³/mol. The molecule has 1 spiro atoms. The molecule has 2 atom stereocenters. The van der Waals surface area contributed by atoms with E-state index in [9.17, 15) is 0 Å². The molecule has 4 rings (SSSR count). The molecule has 20 heavy (non-hydrogen) atoms. The van der Waals surface area contributed by atoms with E-state index < -0.39 is 0 Å². The molecule has 2 fully saturated rings. The van der Waals surface area contributed by atoms with Crippen LogP contribution >= 0.6 is 0 Å². The van der Waals surface area contributed by atoms with Gasteiger partial charge in [-0.1, -0.05) is 6.07 Å². The molecule has 0 saturated carbocycles. The maximum Gasteiger partial charge on any atom is 0.0956 e. The van der Waals surface area contributed by atoms with Crippen molar-refractivity contribution >= 4 is 5.69 Å². The van der Waals surface area contributed by atoms with Gasteiger partial charge < -0.3 is 14.8 Å². The van der Waals surface area contributed by atoms with Crippen molar-refractivity contribution in [1.82, 2.24) is 0 Å². The molecule has 1 aromatic rings. The van der Waals surface area contributed by atoms with Crippen LogP contribution in [0.4, 0.5) is 5.69 Å². The van der Waals surface area contributed by atoms with Crippen molar-refractivity contribution in [3.05, 3.63) is 29.3 Å². The molecule has 1 aromatic carbocycles. The minimum absolute atomic E-state index is 0.00730. The van der Waals surface area contributed by atoms with Crippen LogP contribution in [-0.2, 0) is 22.3 Å². The lowest BCUT2D eigenvalue weighted by Gasteiger charge is -2.37. The number of hydrogen-bond acceptors (Lipinski definition) is 3. The Labute approximate surface area is 120 Å². The zero-order valence-electron chi connectivity index (χ0n) is 12.0. The summed E-state index contributed by atoms with van der Waals surface area (Å²) in [5, 5.41) is 3.73. The topological polar surface area (TPSA) is 30.5 Å². The van der Waals surface area contributed by atoms with E-state index in [-0.39, 0.29) is 5.60 Å². The Morgan fingerprint density at radius 1 is 1.15 bits per heavy atom. The molecule has 2 aliphatic heterocycles. The first-order valence-electron chi connectivity index (χ1n) is 7.93. The highest BCUT2D eigenvalue weighted by Crippen LogP contribution is 2.34. The van der Waals surface area contributed by atoms with E-state index >= 15 is 0 Å². The molecule has 1 N–H and O–H groups in total. The molecule has 3 nitrogen and oxygen atoms in total. The molecule has 0 aromatic heterocycles. The fourth-order valence-corrected chi connectivity index (χ4v) is 3.91. The first-order valence-corrected chi connectivity index (χ1v) is 7.93. The van der Waals surface area contributed by atoms with E-state index in [2.05, 4.69) is 23.5 Å². The third-order valence-corrected chi connectivity index (χ3v) is 5.03. The summed E-state index contributed by atoms with van der Waals surface area (Å²) in [4.78, 5) is 0. The normalized spacial score (nSPS) is 32.5. The molecule has 0 radical (unpaired) electrons. The van der Waals surface area contributed by atoms with Gasteiger partial charge in [-0.05, 0) is 55.4 Å². The SMILES string of the molecule is c1cc2c(cc1NC1CCOC3(CCOC3)C1)CCC2. The summed E-state index contributed by atoms with van der Waals surface area (Å²) in [6, 6.07) is 7.43. The number of rotatable bonds is 2. The lowest BCUT2D eigenvalue weighted by atomic mass is 9.89. The van der Waals surface area contributed by atoms with Crippen LogP contribution in [0, 0.1) is 0 Å². The van der Waals surface area contributed by atoms with Gasteiger partial charge >= 0.3 is 0 Å². The van der Waals surface area contributed by atoms with Crippen LogP contribution in [0.15, 0.2) is 18.2 Å². The fourth-order valence-electron chi connectivity index (χ4n) is 3.91. The van der Waals surface area contributed by atoms with Gasteiger partial charge in [0.25, 0.3) is 0 Å². The van der Waals surface area contributed by atoms with Crippen molar-refractivity contribution < 1.29 is 9.47 Å². The molecular formula is C17H23NO2. The van der Waals surface area contributed by atoms with Crippen molar-refractivity contribution in [3.63, 3.8) is 0 Å². The largest absolute Gasteiger partial charge is 0.382 e. The summed E-state index contributed by atoms with van der Waals surface area (Å²) in [7, 11) is 0. The summed E-state index contributed by atoms with van der Waals surface area (Å²) in [5.41, 5.74) is 4.36. The molecule has 108 valence electrons. The number of nitrogens with one attached hydrogen (secondary N) is 1. The molecule has 0 amide bonds. The van der Waals surface area contributed by atoms with Gasteiger partial charge in [0.1, 0.15) is 0 Å². The number of aryl methyl sites for hydroxylation is 2. The second kappa shape index (κ2) is 5.05. The second-order valence-corrected chi connectivity index (χ2v) is 6.51. The first kappa shape index (κ1) is 12.7. The monoisotopic (exact) mass is 273 g/mol. The lowest BCUT2D eigenvalue weighted by Crippen LogP contribution is -2.44. The Balaban J connectivity index is 1.46. The van der Waals surface area contributed by atoms with Gasteiger partial charge in [-0.25, -0.2) is 0 Å². The number of fused-ring (bicyclic) bond motifs is 1. The van der Waals surface area contributed by atoms with Gasteiger partial charge in [-0.3, -0.25) is 0 Å². The summed E-state index contributed by atoms with van der Waals surface area (Å²) in [5.74, 6) is 0. The molecule has 0 bridgehead atoms. The standard InChI is InChI=1S/C17H23NO2/c1-2-13-4-5-15(10-14(13)3-1)18-16-6-8-20-17(11-16)7-9-19-12-17/h4-5,10,16,18H,1-3,6-9,11-12H2. The summed E-state index contributed by atoms with van der Waals surface area (Å²) in [6.45, 7) is 2.48. The van der Waals surface area contributed by atoms with E-state index in [1.807, 2.05) is 0 Å². The second-order valence-electron chi connectivity index (χ2n) is 6.51. The maximum atomic E-state index is 6.00. The Hall–Kier alpha value is -1.06. The molecule has 3 heteroatoms. The van der Waals surface area contributed by atoms with Crippen LogP contribution in [0.3, 0.4) is 0 Å². The van der Waals surface area contributed by atoms with E-state index in [4.69, 9.17) is 9.47 Å². The summed E-state index contributed by atoms with van der Waals surface area (Å²) in [6.07, 6.45) is 7.04. The van der Waals surface area contributed by atoms with Gasteiger partial charge in [0.05, 0.1) is 12.2 Å². The minimum Gasteiger partial charge on any atom is -0.382 e.